The minimum atomic E-state index is -2.01. The number of azo groups is 1. The Labute approximate surface area is 219 Å². The molecule has 0 aromatic heterocycles. The maximum Gasteiger partial charge on any atom is 0.203 e. The zero-order valence-corrected chi connectivity index (χ0v) is 23.3. The molecule has 2 aliphatic heterocycles. The predicted molar refractivity (Wildman–Crippen MR) is 158 cm³/mol. The molecule has 0 spiro atoms. The highest BCUT2D eigenvalue weighted by Crippen LogP contribution is 2.29. The van der Waals surface area contributed by atoms with Gasteiger partial charge in [-0.3, -0.25) is 0 Å². The lowest BCUT2D eigenvalue weighted by atomic mass is 9.91. The van der Waals surface area contributed by atoms with E-state index in [2.05, 4.69) is 102 Å². The molecule has 2 heterocycles. The third-order valence-electron chi connectivity index (χ3n) is 8.09. The van der Waals surface area contributed by atoms with Crippen molar-refractivity contribution in [2.45, 2.75) is 26.4 Å². The SMILES string of the molecule is CNc1ccc(/N=N/c2ccc3c(c2)[Si](C)(C)c2cc4c(cc2=C3c2ccccc2C)CC[N+]=4C)cc1. The highest BCUT2D eigenvalue weighted by atomic mass is 28.3. The number of benzene rings is 4. The van der Waals surface area contributed by atoms with Gasteiger partial charge in [-0.05, 0) is 87.2 Å². The van der Waals surface area contributed by atoms with Crippen LogP contribution in [-0.4, -0.2) is 28.7 Å². The minimum absolute atomic E-state index is 0.851. The standard InChI is InChI=1S/C32H32N4Si/c1-21-8-6-7-9-26(21)32-27-15-14-25(35-34-24-12-10-23(33-2)11-13-24)19-30(27)37(4,5)31-20-29-22(18-28(31)32)16-17-36(29)3/h6-15,18-20H,16-17H2,1-5H3/p+1. The first kappa shape index (κ1) is 23.6. The molecule has 0 saturated heterocycles. The Kier molecular flexibility index (Phi) is 5.68. The number of aryl methyl sites for hydroxylation is 1. The van der Waals surface area contributed by atoms with Crippen LogP contribution in [0.4, 0.5) is 17.1 Å². The molecule has 0 saturated carbocycles. The van der Waals surface area contributed by atoms with Crippen molar-refractivity contribution < 1.29 is 0 Å². The van der Waals surface area contributed by atoms with E-state index in [4.69, 9.17) is 0 Å². The second-order valence-corrected chi connectivity index (χ2v) is 15.1. The van der Waals surface area contributed by atoms with Gasteiger partial charge >= 0.3 is 0 Å². The molecule has 0 radical (unpaired) electrons. The minimum Gasteiger partial charge on any atom is -0.388 e. The maximum atomic E-state index is 4.66. The normalized spacial score (nSPS) is 15.5. The molecule has 4 aromatic rings. The van der Waals surface area contributed by atoms with E-state index in [-0.39, 0.29) is 0 Å². The molecule has 4 aromatic carbocycles. The number of nitrogens with zero attached hydrogens (tertiary/aromatic N) is 3. The fourth-order valence-corrected chi connectivity index (χ4v) is 8.94. The van der Waals surface area contributed by atoms with E-state index in [1.165, 1.54) is 48.8 Å². The average molecular weight is 502 g/mol. The van der Waals surface area contributed by atoms with Gasteiger partial charge in [0.2, 0.25) is 5.36 Å². The summed E-state index contributed by atoms with van der Waals surface area (Å²) < 4.78 is 2.41. The topological polar surface area (TPSA) is 39.8 Å². The van der Waals surface area contributed by atoms with Crippen molar-refractivity contribution in [3.05, 3.63) is 112 Å². The van der Waals surface area contributed by atoms with Crippen LogP contribution in [0, 0.1) is 6.92 Å². The number of fused-ring (bicyclic) bond motifs is 3. The van der Waals surface area contributed by atoms with Gasteiger partial charge in [-0.25, -0.2) is 4.58 Å². The second-order valence-electron chi connectivity index (χ2n) is 10.7. The summed E-state index contributed by atoms with van der Waals surface area (Å²) in [5.74, 6) is 0. The summed E-state index contributed by atoms with van der Waals surface area (Å²) in [6.07, 6.45) is 1.11. The summed E-state index contributed by atoms with van der Waals surface area (Å²) >= 11 is 0. The van der Waals surface area contributed by atoms with E-state index in [1.54, 1.807) is 0 Å². The highest BCUT2D eigenvalue weighted by Gasteiger charge is 2.37. The maximum absolute atomic E-state index is 4.66. The van der Waals surface area contributed by atoms with Crippen LogP contribution in [0.2, 0.25) is 13.1 Å². The summed E-state index contributed by atoms with van der Waals surface area (Å²) in [4.78, 5) is 0. The molecule has 0 unspecified atom stereocenters. The molecule has 6 rings (SSSR count). The Morgan fingerprint density at radius 1 is 0.811 bits per heavy atom. The first-order valence-electron chi connectivity index (χ1n) is 13.0. The monoisotopic (exact) mass is 501 g/mol. The lowest BCUT2D eigenvalue weighted by Gasteiger charge is -2.33. The lowest BCUT2D eigenvalue weighted by Crippen LogP contribution is -2.63. The first-order chi connectivity index (χ1) is 17.9. The van der Waals surface area contributed by atoms with Gasteiger partial charge in [0.15, 0.2) is 0 Å². The van der Waals surface area contributed by atoms with E-state index in [1.807, 2.05) is 31.3 Å². The summed E-state index contributed by atoms with van der Waals surface area (Å²) in [6.45, 7) is 8.28. The van der Waals surface area contributed by atoms with Crippen LogP contribution < -0.4 is 30.8 Å². The Morgan fingerprint density at radius 3 is 2.30 bits per heavy atom. The van der Waals surface area contributed by atoms with Crippen molar-refractivity contribution in [3.8, 4) is 0 Å². The van der Waals surface area contributed by atoms with Gasteiger partial charge < -0.3 is 5.32 Å². The van der Waals surface area contributed by atoms with Crippen molar-refractivity contribution in [2.75, 3.05) is 26.0 Å². The fourth-order valence-electron chi connectivity index (χ4n) is 5.89. The lowest BCUT2D eigenvalue weighted by molar-refractivity contribution is 0.720. The van der Waals surface area contributed by atoms with Gasteiger partial charge in [0, 0.05) is 30.8 Å². The number of hydrogen-bond acceptors (Lipinski definition) is 3. The molecule has 184 valence electrons. The van der Waals surface area contributed by atoms with Crippen LogP contribution in [0.3, 0.4) is 0 Å². The fraction of sp³-hybridized carbons (Fsp3) is 0.219. The van der Waals surface area contributed by atoms with Crippen LogP contribution >= 0.6 is 0 Å². The van der Waals surface area contributed by atoms with Crippen LogP contribution in [0.5, 0.6) is 0 Å². The van der Waals surface area contributed by atoms with E-state index < -0.39 is 8.07 Å². The number of likely N-dealkylation sites (N-methyl/N-ethyl adjacent to an activating group) is 1. The van der Waals surface area contributed by atoms with Gasteiger partial charge in [-0.15, -0.1) is 0 Å². The second kappa shape index (κ2) is 8.93. The quantitative estimate of drug-likeness (QED) is 0.249. The Balaban J connectivity index is 1.57. The number of hydrogen-bond donors (Lipinski definition) is 1. The molecular weight excluding hydrogens is 468 g/mol. The van der Waals surface area contributed by atoms with Gasteiger partial charge in [-0.2, -0.15) is 10.2 Å². The molecule has 4 nitrogen and oxygen atoms in total. The summed E-state index contributed by atoms with van der Waals surface area (Å²) in [6, 6.07) is 28.5. The molecular formula is C32H33N4Si+. The molecule has 5 heteroatoms. The van der Waals surface area contributed by atoms with Gasteiger partial charge in [0.25, 0.3) is 0 Å². The smallest absolute Gasteiger partial charge is 0.203 e. The molecule has 0 bridgehead atoms. The van der Waals surface area contributed by atoms with Crippen molar-refractivity contribution in [1.29, 1.82) is 0 Å². The number of nitrogens with one attached hydrogen (secondary N) is 1. The van der Waals surface area contributed by atoms with E-state index >= 15 is 0 Å². The summed E-state index contributed by atoms with van der Waals surface area (Å²) in [5, 5.41) is 18.1. The third-order valence-corrected chi connectivity index (χ3v) is 11.6. The van der Waals surface area contributed by atoms with Crippen molar-refractivity contribution in [1.82, 2.24) is 4.58 Å². The predicted octanol–water partition coefficient (Wildman–Crippen LogP) is 4.51. The van der Waals surface area contributed by atoms with Crippen LogP contribution in [0.1, 0.15) is 22.3 Å². The zero-order chi connectivity index (χ0) is 25.7. The Morgan fingerprint density at radius 2 is 1.54 bits per heavy atom. The molecule has 0 fully saturated rings. The van der Waals surface area contributed by atoms with Gasteiger partial charge in [0.1, 0.15) is 21.7 Å². The van der Waals surface area contributed by atoms with Gasteiger partial charge in [-0.1, -0.05) is 43.4 Å². The largest absolute Gasteiger partial charge is 0.388 e. The van der Waals surface area contributed by atoms with Crippen molar-refractivity contribution in [2.24, 2.45) is 10.2 Å². The Hall–Kier alpha value is -3.83. The Bertz CT molecular complexity index is 1700. The molecule has 1 N–H and O–H groups in total. The zero-order valence-electron chi connectivity index (χ0n) is 22.3. The molecule has 0 aliphatic carbocycles. The van der Waals surface area contributed by atoms with Crippen molar-refractivity contribution in [3.63, 3.8) is 0 Å². The van der Waals surface area contributed by atoms with Crippen LogP contribution in [-0.2, 0) is 6.42 Å². The van der Waals surface area contributed by atoms with Crippen molar-refractivity contribution >= 4 is 41.1 Å². The summed E-state index contributed by atoms with van der Waals surface area (Å²) in [7, 11) is 2.13. The molecule has 2 aliphatic rings. The molecule has 37 heavy (non-hydrogen) atoms. The van der Waals surface area contributed by atoms with E-state index in [0.29, 0.717) is 0 Å². The number of anilines is 1. The first-order valence-corrected chi connectivity index (χ1v) is 16.0. The molecule has 0 amide bonds. The number of rotatable bonds is 4. The highest BCUT2D eigenvalue weighted by molar-refractivity contribution is 7.01. The third kappa shape index (κ3) is 3.94. The van der Waals surface area contributed by atoms with Crippen LogP contribution in [0.25, 0.3) is 5.57 Å². The van der Waals surface area contributed by atoms with E-state index in [9.17, 15) is 0 Å². The average Bonchev–Trinajstić information content (AvgIpc) is 3.28. The molecule has 0 atom stereocenters. The van der Waals surface area contributed by atoms with Gasteiger partial charge in [0.05, 0.1) is 11.4 Å². The summed E-state index contributed by atoms with van der Waals surface area (Å²) in [5.41, 5.74) is 9.63. The van der Waals surface area contributed by atoms with Crippen LogP contribution in [0.15, 0.2) is 89.1 Å². The van der Waals surface area contributed by atoms with E-state index in [0.717, 1.165) is 30.0 Å².